The number of halogens is 1. The molecule has 1 saturated carbocycles. The van der Waals surface area contributed by atoms with Gasteiger partial charge in [-0.1, -0.05) is 24.6 Å². The molecule has 0 amide bonds. The Morgan fingerprint density at radius 2 is 1.80 bits per heavy atom. The number of allylic oxidation sites excluding steroid dienone is 2. The number of epoxide rings is 1. The number of aromatic hydroxyl groups is 2. The highest BCUT2D eigenvalue weighted by atomic mass is 35.5. The van der Waals surface area contributed by atoms with Gasteiger partial charge in [-0.25, -0.2) is 4.79 Å². The topological polar surface area (TPSA) is 172 Å². The van der Waals surface area contributed by atoms with E-state index in [1.807, 2.05) is 19.9 Å². The maximum absolute atomic E-state index is 14.4. The van der Waals surface area contributed by atoms with Gasteiger partial charge in [-0.05, 0) is 62.6 Å². The van der Waals surface area contributed by atoms with Gasteiger partial charge in [0.15, 0.2) is 22.9 Å². The first-order valence-electron chi connectivity index (χ1n) is 14.5. The molecule has 2 fully saturated rings. The Morgan fingerprint density at radius 1 is 1.16 bits per heavy atom. The molecule has 1 aromatic rings. The number of hydrogen-bond donors (Lipinski definition) is 4. The lowest BCUT2D eigenvalue weighted by atomic mass is 9.49. The van der Waals surface area contributed by atoms with Crippen LogP contribution in [0.2, 0.25) is 0 Å². The van der Waals surface area contributed by atoms with E-state index in [9.17, 15) is 34.8 Å². The van der Waals surface area contributed by atoms with Crippen molar-refractivity contribution in [2.75, 3.05) is 14.2 Å². The van der Waals surface area contributed by atoms with Crippen molar-refractivity contribution in [3.8, 4) is 11.5 Å². The van der Waals surface area contributed by atoms with Crippen LogP contribution < -0.4 is 0 Å². The fraction of sp³-hybridized carbons (Fsp3) is 0.485. The normalized spacial score (nSPS) is 38.8. The van der Waals surface area contributed by atoms with Gasteiger partial charge in [-0.2, -0.15) is 0 Å². The summed E-state index contributed by atoms with van der Waals surface area (Å²) in [4.78, 5) is 39.4. The number of benzene rings is 1. The van der Waals surface area contributed by atoms with E-state index in [0.29, 0.717) is 5.56 Å². The summed E-state index contributed by atoms with van der Waals surface area (Å²) in [5.74, 6) is -4.03. The van der Waals surface area contributed by atoms with Crippen molar-refractivity contribution >= 4 is 29.3 Å². The van der Waals surface area contributed by atoms with Crippen molar-refractivity contribution in [3.05, 3.63) is 70.0 Å². The second kappa shape index (κ2) is 9.68. The first kappa shape index (κ1) is 31.3. The van der Waals surface area contributed by atoms with Crippen LogP contribution in [0, 0.1) is 17.8 Å². The number of rotatable bonds is 7. The number of methoxy groups -OCH3 is 2. The number of phenols is 2. The lowest BCUT2D eigenvalue weighted by Crippen LogP contribution is -2.74. The molecule has 6 aliphatic rings. The van der Waals surface area contributed by atoms with Gasteiger partial charge in [0.2, 0.25) is 0 Å². The Morgan fingerprint density at radius 3 is 2.38 bits per heavy atom. The number of fused-ring (bicyclic) bond motifs is 1. The zero-order valence-corrected chi connectivity index (χ0v) is 26.4. The molecule has 12 heteroatoms. The van der Waals surface area contributed by atoms with Gasteiger partial charge in [0.1, 0.15) is 45.5 Å². The van der Waals surface area contributed by atoms with Gasteiger partial charge in [0.05, 0.1) is 14.2 Å². The summed E-state index contributed by atoms with van der Waals surface area (Å²) in [5, 5.41) is 45.0. The molecule has 4 N–H and O–H groups in total. The third-order valence-corrected chi connectivity index (χ3v) is 10.9. The standard InChI is InChI=1S/C33H35ClO11/c1-15(2)7-8-31-24(44-26(38)23-19(35)9-16(3)10-20(23)36)17(11-21(37)25(31)45-31)18-12-29(4)14-30(28(40)43-6)13-22(42-5)33(29,34)32(18,41)27(30)39/h7,9-13,21,24-25,35-37,41H,8,14H2,1-6H3/t21-,24+,25-,29-,30+,31+,32-,33-/m0/s1. The van der Waals surface area contributed by atoms with Crippen LogP contribution >= 0.6 is 11.6 Å². The van der Waals surface area contributed by atoms with Crippen molar-refractivity contribution in [1.29, 1.82) is 0 Å². The molecule has 0 unspecified atom stereocenters. The lowest BCUT2D eigenvalue weighted by Gasteiger charge is -2.58. The van der Waals surface area contributed by atoms with Crippen molar-refractivity contribution < 1.29 is 53.8 Å². The third kappa shape index (κ3) is 3.78. The number of carbonyl (C=O) groups is 3. The number of Topliss-reactive ketones (excluding diaryl/α,β-unsaturated/α-hetero) is 1. The zero-order valence-electron chi connectivity index (χ0n) is 25.6. The summed E-state index contributed by atoms with van der Waals surface area (Å²) in [5.41, 5.74) is -6.33. The molecule has 5 aliphatic carbocycles. The number of ether oxygens (including phenoxy) is 4. The Balaban J connectivity index is 1.54. The van der Waals surface area contributed by atoms with Gasteiger partial charge in [-0.15, -0.1) is 11.6 Å². The van der Waals surface area contributed by atoms with Crippen molar-refractivity contribution in [1.82, 2.24) is 0 Å². The number of hydrogen-bond acceptors (Lipinski definition) is 11. The number of ketones is 1. The van der Waals surface area contributed by atoms with Gasteiger partial charge < -0.3 is 39.4 Å². The van der Waals surface area contributed by atoms with E-state index in [-0.39, 0.29) is 29.7 Å². The molecular formula is C33H35ClO11. The molecular weight excluding hydrogens is 608 g/mol. The minimum Gasteiger partial charge on any atom is -0.507 e. The van der Waals surface area contributed by atoms with Crippen molar-refractivity contribution in [2.45, 2.75) is 74.9 Å². The highest BCUT2D eigenvalue weighted by Crippen LogP contribution is 2.73. The molecule has 4 bridgehead atoms. The molecule has 0 spiro atoms. The average molecular weight is 643 g/mol. The summed E-state index contributed by atoms with van der Waals surface area (Å²) in [7, 11) is 2.44. The van der Waals surface area contributed by atoms with Crippen molar-refractivity contribution in [3.63, 3.8) is 0 Å². The number of carbonyl (C=O) groups excluding carboxylic acids is 3. The molecule has 1 heterocycles. The smallest absolute Gasteiger partial charge is 0.346 e. The summed E-state index contributed by atoms with van der Waals surface area (Å²) >= 11 is 7.28. The monoisotopic (exact) mass is 642 g/mol. The zero-order chi connectivity index (χ0) is 33.1. The highest BCUT2D eigenvalue weighted by molar-refractivity contribution is 6.34. The summed E-state index contributed by atoms with van der Waals surface area (Å²) in [6.45, 7) is 7.01. The second-order valence-electron chi connectivity index (χ2n) is 13.1. The Hall–Kier alpha value is -3.64. The van der Waals surface area contributed by atoms with E-state index >= 15 is 0 Å². The molecule has 11 nitrogen and oxygen atoms in total. The predicted octanol–water partition coefficient (Wildman–Crippen LogP) is 3.06. The van der Waals surface area contributed by atoms with Crippen LogP contribution in [-0.4, -0.2) is 86.8 Å². The van der Waals surface area contributed by atoms with Gasteiger partial charge in [0.25, 0.3) is 0 Å². The predicted molar refractivity (Wildman–Crippen MR) is 158 cm³/mol. The molecule has 1 aliphatic heterocycles. The lowest BCUT2D eigenvalue weighted by molar-refractivity contribution is -0.175. The fourth-order valence-corrected chi connectivity index (χ4v) is 8.34. The Labute approximate surface area is 264 Å². The summed E-state index contributed by atoms with van der Waals surface area (Å²) < 4.78 is 22.7. The maximum Gasteiger partial charge on any atom is 0.346 e. The Bertz CT molecular complexity index is 1660. The minimum absolute atomic E-state index is 0.0172. The quantitative estimate of drug-likeness (QED) is 0.113. The van der Waals surface area contributed by atoms with Crippen LogP contribution in [0.4, 0.5) is 0 Å². The number of esters is 2. The van der Waals surface area contributed by atoms with Crippen LogP contribution in [0.5, 0.6) is 11.5 Å². The number of aliphatic hydroxyl groups excluding tert-OH is 1. The number of aryl methyl sites for hydroxylation is 1. The molecule has 45 heavy (non-hydrogen) atoms. The second-order valence-corrected chi connectivity index (χ2v) is 13.6. The largest absolute Gasteiger partial charge is 0.507 e. The van der Waals surface area contributed by atoms with Crippen molar-refractivity contribution in [2.24, 2.45) is 10.8 Å². The highest BCUT2D eigenvalue weighted by Gasteiger charge is 2.84. The van der Waals surface area contributed by atoms with Gasteiger partial charge >= 0.3 is 11.9 Å². The van der Waals surface area contributed by atoms with E-state index in [1.54, 1.807) is 19.9 Å². The van der Waals surface area contributed by atoms with E-state index in [0.717, 1.165) is 12.7 Å². The number of aliphatic hydroxyl groups is 2. The molecule has 8 atom stereocenters. The van der Waals surface area contributed by atoms with E-state index in [1.165, 1.54) is 31.4 Å². The third-order valence-electron chi connectivity index (χ3n) is 9.97. The molecule has 1 saturated heterocycles. The van der Waals surface area contributed by atoms with Gasteiger partial charge in [-0.3, -0.25) is 9.59 Å². The SMILES string of the molecule is COC(=O)[C@@]12C=C(OC)[C@@]3(Cl)[C@@](O)(C1=O)C(C1=C[C@H](O)[C@@H]4O[C@]4(CC=C(C)C)[C@@H]1OC(=O)c1c(O)cc(C)cc1O)=C[C@@]3(C)C2. The molecule has 0 aromatic heterocycles. The van der Waals surface area contributed by atoms with E-state index in [4.69, 9.17) is 30.5 Å². The molecule has 7 rings (SSSR count). The fourth-order valence-electron chi connectivity index (χ4n) is 7.90. The van der Waals surface area contributed by atoms with Crippen LogP contribution in [0.15, 0.2) is 58.9 Å². The summed E-state index contributed by atoms with van der Waals surface area (Å²) in [6, 6.07) is 2.58. The number of alkyl halides is 1. The first-order chi connectivity index (χ1) is 21.0. The van der Waals surface area contributed by atoms with Crippen LogP contribution in [0.25, 0.3) is 0 Å². The van der Waals surface area contributed by atoms with Crippen LogP contribution in [0.1, 0.15) is 49.5 Å². The first-order valence-corrected chi connectivity index (χ1v) is 14.9. The summed E-state index contributed by atoms with van der Waals surface area (Å²) in [6.07, 6.45) is 2.60. The molecule has 240 valence electrons. The van der Waals surface area contributed by atoms with Gasteiger partial charge in [0, 0.05) is 17.4 Å². The van der Waals surface area contributed by atoms with Crippen LogP contribution in [-0.2, 0) is 28.5 Å². The average Bonchev–Trinajstić information content (AvgIpc) is 3.69. The van der Waals surface area contributed by atoms with E-state index in [2.05, 4.69) is 0 Å². The van der Waals surface area contributed by atoms with Crippen LogP contribution in [0.3, 0.4) is 0 Å². The molecule has 1 aromatic carbocycles. The Kier molecular flexibility index (Phi) is 6.74. The minimum atomic E-state index is -2.61. The number of phenolic OH excluding ortho intramolecular Hbond substituents is 2. The van der Waals surface area contributed by atoms with E-state index < -0.39 is 80.0 Å². The maximum atomic E-state index is 14.4. The molecule has 0 radical (unpaired) electrons.